The lowest BCUT2D eigenvalue weighted by Gasteiger charge is -2.39. The maximum Gasteiger partial charge on any atom is 0.0940 e. The molecule has 2 aliphatic rings. The number of thioether (sulfide) groups is 1. The van der Waals surface area contributed by atoms with Gasteiger partial charge in [0.05, 0.1) is 18.3 Å². The van der Waals surface area contributed by atoms with Gasteiger partial charge in [0.2, 0.25) is 0 Å². The molecule has 2 saturated heterocycles. The van der Waals surface area contributed by atoms with Gasteiger partial charge in [0.1, 0.15) is 0 Å². The van der Waals surface area contributed by atoms with E-state index < -0.39 is 6.10 Å². The second kappa shape index (κ2) is 6.06. The number of rotatable bonds is 3. The van der Waals surface area contributed by atoms with Crippen molar-refractivity contribution in [2.45, 2.75) is 35.9 Å². The summed E-state index contributed by atoms with van der Waals surface area (Å²) in [4.78, 5) is 1.23. The van der Waals surface area contributed by atoms with Gasteiger partial charge in [0.15, 0.2) is 0 Å². The molecular formula is C16H22O3S. The zero-order valence-electron chi connectivity index (χ0n) is 11.9. The predicted molar refractivity (Wildman–Crippen MR) is 80.0 cm³/mol. The maximum atomic E-state index is 10.6. The Morgan fingerprint density at radius 2 is 2.10 bits per heavy atom. The summed E-state index contributed by atoms with van der Waals surface area (Å²) in [6.45, 7) is 2.20. The van der Waals surface area contributed by atoms with Gasteiger partial charge in [-0.15, -0.1) is 11.8 Å². The third kappa shape index (κ3) is 2.89. The van der Waals surface area contributed by atoms with Crippen LogP contribution in [0.1, 0.15) is 30.9 Å². The van der Waals surface area contributed by atoms with Crippen molar-refractivity contribution in [2.75, 3.05) is 26.1 Å². The van der Waals surface area contributed by atoms with Crippen LogP contribution in [0.5, 0.6) is 0 Å². The summed E-state index contributed by atoms with van der Waals surface area (Å²) in [5, 5.41) is 10.6. The van der Waals surface area contributed by atoms with Crippen LogP contribution >= 0.6 is 11.8 Å². The van der Waals surface area contributed by atoms with E-state index >= 15 is 0 Å². The molecule has 0 aliphatic carbocycles. The quantitative estimate of drug-likeness (QED) is 0.870. The lowest BCUT2D eigenvalue weighted by Crippen LogP contribution is -2.41. The Morgan fingerprint density at radius 1 is 1.30 bits per heavy atom. The standard InChI is InChI=1S/C16H22O3S/c1-20-14-4-2-12(3-5-14)15(17)13-6-8-19-16(10-13)7-9-18-11-16/h2-5,13,15,17H,6-11H2,1H3. The lowest BCUT2D eigenvalue weighted by molar-refractivity contribution is -0.117. The van der Waals surface area contributed by atoms with Gasteiger partial charge in [0, 0.05) is 24.5 Å². The van der Waals surface area contributed by atoms with Crippen molar-refractivity contribution in [3.63, 3.8) is 0 Å². The molecule has 2 fully saturated rings. The molecule has 0 aromatic heterocycles. The fourth-order valence-electron chi connectivity index (χ4n) is 3.27. The average molecular weight is 294 g/mol. The Kier molecular flexibility index (Phi) is 4.36. The summed E-state index contributed by atoms with van der Waals surface area (Å²) in [7, 11) is 0. The normalized spacial score (nSPS) is 31.6. The molecule has 2 heterocycles. The lowest BCUT2D eigenvalue weighted by atomic mass is 9.80. The number of aliphatic hydroxyl groups is 1. The molecule has 1 aromatic rings. The van der Waals surface area contributed by atoms with Gasteiger partial charge in [-0.05, 0) is 42.7 Å². The van der Waals surface area contributed by atoms with Gasteiger partial charge < -0.3 is 14.6 Å². The van der Waals surface area contributed by atoms with Crippen molar-refractivity contribution in [1.82, 2.24) is 0 Å². The Bertz CT molecular complexity index is 440. The summed E-state index contributed by atoms with van der Waals surface area (Å²) in [6.07, 6.45) is 4.45. The van der Waals surface area contributed by atoms with Crippen LogP contribution in [0.3, 0.4) is 0 Å². The number of hydrogen-bond acceptors (Lipinski definition) is 4. The summed E-state index contributed by atoms with van der Waals surface area (Å²) >= 11 is 1.72. The van der Waals surface area contributed by atoms with E-state index in [1.807, 2.05) is 12.1 Å². The Labute approximate surface area is 124 Å². The van der Waals surface area contributed by atoms with Crippen LogP contribution in [0.2, 0.25) is 0 Å². The van der Waals surface area contributed by atoms with Crippen molar-refractivity contribution >= 4 is 11.8 Å². The number of hydrogen-bond donors (Lipinski definition) is 1. The topological polar surface area (TPSA) is 38.7 Å². The molecule has 1 N–H and O–H groups in total. The first-order chi connectivity index (χ1) is 9.72. The van der Waals surface area contributed by atoms with Crippen LogP contribution in [-0.2, 0) is 9.47 Å². The van der Waals surface area contributed by atoms with Gasteiger partial charge in [-0.2, -0.15) is 0 Å². The predicted octanol–water partition coefficient (Wildman–Crippen LogP) is 3.03. The first-order valence-corrected chi connectivity index (χ1v) is 8.49. The van der Waals surface area contributed by atoms with E-state index in [-0.39, 0.29) is 11.5 Å². The highest BCUT2D eigenvalue weighted by molar-refractivity contribution is 7.98. The Hall–Kier alpha value is -0.550. The molecule has 0 radical (unpaired) electrons. The third-order valence-electron chi connectivity index (χ3n) is 4.50. The fourth-order valence-corrected chi connectivity index (χ4v) is 3.68. The van der Waals surface area contributed by atoms with Crippen LogP contribution in [-0.4, -0.2) is 36.8 Å². The highest BCUT2D eigenvalue weighted by atomic mass is 32.2. The fraction of sp³-hybridized carbons (Fsp3) is 0.625. The van der Waals surface area contributed by atoms with E-state index in [0.29, 0.717) is 6.61 Å². The van der Waals surface area contributed by atoms with Gasteiger partial charge in [-0.1, -0.05) is 12.1 Å². The molecule has 2 aliphatic heterocycles. The first kappa shape index (κ1) is 14.4. The molecule has 3 unspecified atom stereocenters. The highest BCUT2D eigenvalue weighted by Gasteiger charge is 2.42. The number of aliphatic hydroxyl groups excluding tert-OH is 1. The van der Waals surface area contributed by atoms with Gasteiger partial charge in [-0.25, -0.2) is 0 Å². The van der Waals surface area contributed by atoms with Crippen LogP contribution in [0.4, 0.5) is 0 Å². The Morgan fingerprint density at radius 3 is 2.75 bits per heavy atom. The molecule has 4 heteroatoms. The molecule has 20 heavy (non-hydrogen) atoms. The zero-order chi connectivity index (χ0) is 14.0. The third-order valence-corrected chi connectivity index (χ3v) is 5.25. The molecule has 1 spiro atoms. The van der Waals surface area contributed by atoms with Crippen molar-refractivity contribution in [2.24, 2.45) is 5.92 Å². The van der Waals surface area contributed by atoms with E-state index in [1.54, 1.807) is 11.8 Å². The van der Waals surface area contributed by atoms with E-state index in [9.17, 15) is 5.11 Å². The first-order valence-electron chi connectivity index (χ1n) is 7.26. The van der Waals surface area contributed by atoms with Crippen LogP contribution < -0.4 is 0 Å². The summed E-state index contributed by atoms with van der Waals surface area (Å²) in [5.74, 6) is 0.269. The molecule has 3 rings (SSSR count). The molecule has 0 amide bonds. The number of ether oxygens (including phenoxy) is 2. The van der Waals surface area contributed by atoms with Gasteiger partial charge in [0.25, 0.3) is 0 Å². The van der Waals surface area contributed by atoms with Gasteiger partial charge >= 0.3 is 0 Å². The highest BCUT2D eigenvalue weighted by Crippen LogP contribution is 2.41. The van der Waals surface area contributed by atoms with E-state index in [1.165, 1.54) is 4.90 Å². The minimum absolute atomic E-state index is 0.136. The Balaban J connectivity index is 1.70. The monoisotopic (exact) mass is 294 g/mol. The molecular weight excluding hydrogens is 272 g/mol. The molecule has 0 bridgehead atoms. The molecule has 3 nitrogen and oxygen atoms in total. The second-order valence-corrected chi connectivity index (χ2v) is 6.68. The van der Waals surface area contributed by atoms with Crippen molar-refractivity contribution in [1.29, 1.82) is 0 Å². The minimum Gasteiger partial charge on any atom is -0.388 e. The van der Waals surface area contributed by atoms with Crippen LogP contribution in [0.25, 0.3) is 0 Å². The van der Waals surface area contributed by atoms with E-state index in [4.69, 9.17) is 9.47 Å². The van der Waals surface area contributed by atoms with Crippen LogP contribution in [0.15, 0.2) is 29.2 Å². The van der Waals surface area contributed by atoms with E-state index in [2.05, 4.69) is 18.4 Å². The van der Waals surface area contributed by atoms with Gasteiger partial charge in [-0.3, -0.25) is 0 Å². The SMILES string of the molecule is CSc1ccc(C(O)C2CCOC3(CCOC3)C2)cc1. The minimum atomic E-state index is -0.396. The van der Waals surface area contributed by atoms with E-state index in [0.717, 1.165) is 38.0 Å². The van der Waals surface area contributed by atoms with Crippen molar-refractivity contribution < 1.29 is 14.6 Å². The summed E-state index contributed by atoms with van der Waals surface area (Å²) in [5.41, 5.74) is 0.882. The molecule has 3 atom stereocenters. The summed E-state index contributed by atoms with van der Waals surface area (Å²) < 4.78 is 11.4. The summed E-state index contributed by atoms with van der Waals surface area (Å²) in [6, 6.07) is 8.25. The largest absolute Gasteiger partial charge is 0.388 e. The molecule has 1 aromatic carbocycles. The zero-order valence-corrected chi connectivity index (χ0v) is 12.7. The van der Waals surface area contributed by atoms with Crippen molar-refractivity contribution in [3.05, 3.63) is 29.8 Å². The molecule has 0 saturated carbocycles. The van der Waals surface area contributed by atoms with Crippen molar-refractivity contribution in [3.8, 4) is 0 Å². The average Bonchev–Trinajstić information content (AvgIpc) is 2.94. The second-order valence-electron chi connectivity index (χ2n) is 5.80. The number of benzene rings is 1. The smallest absolute Gasteiger partial charge is 0.0940 e. The van der Waals surface area contributed by atoms with Crippen LogP contribution in [0, 0.1) is 5.92 Å². The molecule has 110 valence electrons. The maximum absolute atomic E-state index is 10.6.